The second kappa shape index (κ2) is 20.5. The number of carbonyl (C=O) groups is 4. The number of carbonyl (C=O) groups excluding carboxylic acids is 4. The van der Waals surface area contributed by atoms with Crippen LogP contribution in [0.15, 0.2) is 135 Å². The van der Waals surface area contributed by atoms with E-state index in [1.54, 1.807) is 36.4 Å². The van der Waals surface area contributed by atoms with Crippen molar-refractivity contribution < 1.29 is 33.8 Å². The summed E-state index contributed by atoms with van der Waals surface area (Å²) >= 11 is 0. The number of amides is 3. The van der Waals surface area contributed by atoms with Crippen LogP contribution in [0.3, 0.4) is 0 Å². The van der Waals surface area contributed by atoms with Crippen LogP contribution < -0.4 is 16.0 Å². The van der Waals surface area contributed by atoms with E-state index in [0.717, 1.165) is 27.8 Å². The zero-order valence-electron chi connectivity index (χ0n) is 30.9. The molecule has 286 valence electrons. The van der Waals surface area contributed by atoms with Gasteiger partial charge in [0.15, 0.2) is 0 Å². The highest BCUT2D eigenvalue weighted by atomic mass is 16.6. The van der Waals surface area contributed by atoms with Crippen LogP contribution in [0.25, 0.3) is 11.1 Å². The molecule has 10 nitrogen and oxygen atoms in total. The van der Waals surface area contributed by atoms with Crippen molar-refractivity contribution in [1.82, 2.24) is 16.0 Å². The third-order valence-corrected chi connectivity index (χ3v) is 9.64. The van der Waals surface area contributed by atoms with Gasteiger partial charge >= 0.3 is 12.1 Å². The molecule has 0 heterocycles. The minimum atomic E-state index is -1.05. The van der Waals surface area contributed by atoms with Crippen LogP contribution in [-0.4, -0.2) is 60.8 Å². The summed E-state index contributed by atoms with van der Waals surface area (Å²) in [5.41, 5.74) is 5.94. The highest BCUT2D eigenvalue weighted by Gasteiger charge is 2.31. The standard InChI is InChI=1S/C45H49N3O7/c1-3-5-25-40(48-45(53)54-30-39-37-23-14-12-21-35(37)36-22-13-15-24-38(36)39)44(52)55-41(32-19-10-7-11-20-32)28-46-43(51)33(16-4-2)27-42(50)47-34(29-49)26-31-17-8-6-9-18-31/h3-4,6-15,17-24,33-34,39-41,49H,1-2,5,16,25-30H2,(H,46,51)(H,47,50)(H,48,53)/t33-,34+,40+,41-/m1/s1. The molecule has 0 saturated carbocycles. The predicted octanol–water partition coefficient (Wildman–Crippen LogP) is 6.56. The van der Waals surface area contributed by atoms with Crippen LogP contribution in [0, 0.1) is 5.92 Å². The van der Waals surface area contributed by atoms with E-state index in [4.69, 9.17) is 9.47 Å². The Morgan fingerprint density at radius 2 is 1.40 bits per heavy atom. The van der Waals surface area contributed by atoms with E-state index < -0.39 is 42.1 Å². The fourth-order valence-electron chi connectivity index (χ4n) is 6.83. The van der Waals surface area contributed by atoms with Crippen molar-refractivity contribution in [2.24, 2.45) is 5.92 Å². The molecular weight excluding hydrogens is 695 g/mol. The number of nitrogens with one attached hydrogen (secondary N) is 3. The fraction of sp³-hybridized carbons (Fsp3) is 0.289. The molecule has 1 aliphatic rings. The maximum atomic E-state index is 13.7. The second-order valence-corrected chi connectivity index (χ2v) is 13.5. The van der Waals surface area contributed by atoms with E-state index in [9.17, 15) is 24.3 Å². The van der Waals surface area contributed by atoms with Crippen molar-refractivity contribution >= 4 is 23.9 Å². The molecule has 4 aromatic carbocycles. The van der Waals surface area contributed by atoms with Gasteiger partial charge in [-0.05, 0) is 59.1 Å². The summed E-state index contributed by atoms with van der Waals surface area (Å²) < 4.78 is 11.7. The van der Waals surface area contributed by atoms with E-state index in [2.05, 4.69) is 41.2 Å². The molecule has 0 saturated heterocycles. The summed E-state index contributed by atoms with van der Waals surface area (Å²) in [6.45, 7) is 7.25. The molecule has 1 aliphatic carbocycles. The van der Waals surface area contributed by atoms with Crippen molar-refractivity contribution in [2.45, 2.75) is 56.2 Å². The molecule has 4 atom stereocenters. The van der Waals surface area contributed by atoms with Crippen LogP contribution in [0.5, 0.6) is 0 Å². The quantitative estimate of drug-likeness (QED) is 0.0593. The van der Waals surface area contributed by atoms with E-state index in [1.165, 1.54) is 0 Å². The van der Waals surface area contributed by atoms with Gasteiger partial charge in [0.25, 0.3) is 0 Å². The zero-order valence-corrected chi connectivity index (χ0v) is 30.9. The Morgan fingerprint density at radius 3 is 2.02 bits per heavy atom. The van der Waals surface area contributed by atoms with Crippen LogP contribution in [0.2, 0.25) is 0 Å². The number of benzene rings is 4. The number of aliphatic hydroxyl groups is 1. The lowest BCUT2D eigenvalue weighted by Gasteiger charge is -2.24. The van der Waals surface area contributed by atoms with E-state index in [-0.39, 0.29) is 50.8 Å². The minimum Gasteiger partial charge on any atom is -0.454 e. The zero-order chi connectivity index (χ0) is 39.0. The van der Waals surface area contributed by atoms with Gasteiger partial charge in [-0.1, -0.05) is 121 Å². The highest BCUT2D eigenvalue weighted by molar-refractivity contribution is 5.86. The average Bonchev–Trinajstić information content (AvgIpc) is 3.53. The van der Waals surface area contributed by atoms with Crippen molar-refractivity contribution in [3.63, 3.8) is 0 Å². The van der Waals surface area contributed by atoms with Crippen LogP contribution in [0.1, 0.15) is 60.0 Å². The molecule has 0 aliphatic heterocycles. The molecular formula is C45H49N3O7. The van der Waals surface area contributed by atoms with Crippen molar-refractivity contribution in [2.75, 3.05) is 19.8 Å². The van der Waals surface area contributed by atoms with Gasteiger partial charge in [0, 0.05) is 12.3 Å². The number of rotatable bonds is 20. The number of allylic oxidation sites excluding steroid dienone is 2. The van der Waals surface area contributed by atoms with Crippen LogP contribution in [-0.2, 0) is 30.3 Å². The maximum absolute atomic E-state index is 13.7. The molecule has 0 fully saturated rings. The summed E-state index contributed by atoms with van der Waals surface area (Å²) in [5, 5.41) is 18.3. The van der Waals surface area contributed by atoms with Gasteiger partial charge in [-0.25, -0.2) is 9.59 Å². The molecule has 0 spiro atoms. The first-order chi connectivity index (χ1) is 26.8. The van der Waals surface area contributed by atoms with Gasteiger partial charge in [0.2, 0.25) is 11.8 Å². The highest BCUT2D eigenvalue weighted by Crippen LogP contribution is 2.44. The van der Waals surface area contributed by atoms with Gasteiger partial charge < -0.3 is 30.5 Å². The van der Waals surface area contributed by atoms with Gasteiger partial charge in [-0.3, -0.25) is 9.59 Å². The minimum absolute atomic E-state index is 0.0827. The Hall–Kier alpha value is -6.00. The molecule has 0 radical (unpaired) electrons. The maximum Gasteiger partial charge on any atom is 0.407 e. The Morgan fingerprint density at radius 1 is 0.782 bits per heavy atom. The molecule has 4 N–H and O–H groups in total. The number of alkyl carbamates (subject to hydrolysis) is 1. The Bertz CT molecular complexity index is 1870. The topological polar surface area (TPSA) is 143 Å². The smallest absolute Gasteiger partial charge is 0.407 e. The number of hydrogen-bond donors (Lipinski definition) is 4. The second-order valence-electron chi connectivity index (χ2n) is 13.5. The van der Waals surface area contributed by atoms with Gasteiger partial charge in [-0.2, -0.15) is 0 Å². The molecule has 4 aromatic rings. The number of ether oxygens (including phenoxy) is 2. The molecule has 3 amide bonds. The monoisotopic (exact) mass is 743 g/mol. The van der Waals surface area contributed by atoms with E-state index in [1.807, 2.05) is 72.8 Å². The summed E-state index contributed by atoms with van der Waals surface area (Å²) in [7, 11) is 0. The normalized spacial score (nSPS) is 13.8. The van der Waals surface area contributed by atoms with Gasteiger partial charge in [0.1, 0.15) is 18.8 Å². The Balaban J connectivity index is 1.20. The first-order valence-electron chi connectivity index (χ1n) is 18.6. The third-order valence-electron chi connectivity index (χ3n) is 9.64. The number of esters is 1. The Kier molecular flexibility index (Phi) is 14.9. The third kappa shape index (κ3) is 11.3. The molecule has 5 rings (SSSR count). The average molecular weight is 744 g/mol. The summed E-state index contributed by atoms with van der Waals surface area (Å²) in [4.78, 5) is 53.4. The van der Waals surface area contributed by atoms with Crippen molar-refractivity contribution in [1.29, 1.82) is 0 Å². The fourth-order valence-corrected chi connectivity index (χ4v) is 6.83. The van der Waals surface area contributed by atoms with Gasteiger partial charge in [-0.15, -0.1) is 13.2 Å². The first kappa shape index (κ1) is 40.2. The number of hydrogen-bond acceptors (Lipinski definition) is 7. The molecule has 0 bridgehead atoms. The lowest BCUT2D eigenvalue weighted by atomic mass is 9.98. The van der Waals surface area contributed by atoms with Crippen LogP contribution in [0.4, 0.5) is 4.79 Å². The van der Waals surface area contributed by atoms with E-state index >= 15 is 0 Å². The molecule has 0 aromatic heterocycles. The van der Waals surface area contributed by atoms with Crippen molar-refractivity contribution in [3.05, 3.63) is 157 Å². The lowest BCUT2D eigenvalue weighted by Crippen LogP contribution is -2.44. The summed E-state index contributed by atoms with van der Waals surface area (Å²) in [6, 6.07) is 32.9. The number of fused-ring (bicyclic) bond motifs is 3. The summed E-state index contributed by atoms with van der Waals surface area (Å²) in [5.74, 6) is -2.41. The summed E-state index contributed by atoms with van der Waals surface area (Å²) in [6.07, 6.45) is 2.73. The SMILES string of the molecule is C=CCC[C@H](NC(=O)OCC1c2ccccc2-c2ccccc21)C(=O)O[C@H](CNC(=O)[C@H](CC=C)CC(=O)N[C@H](CO)Cc1ccccc1)c1ccccc1. The first-order valence-corrected chi connectivity index (χ1v) is 18.6. The van der Waals surface area contributed by atoms with Gasteiger partial charge in [0.05, 0.1) is 25.1 Å². The lowest BCUT2D eigenvalue weighted by molar-refractivity contribution is -0.152. The van der Waals surface area contributed by atoms with E-state index in [0.29, 0.717) is 18.4 Å². The number of aliphatic hydroxyl groups excluding tert-OH is 1. The Labute approximate surface area is 322 Å². The van der Waals surface area contributed by atoms with Crippen LogP contribution >= 0.6 is 0 Å². The van der Waals surface area contributed by atoms with Crippen molar-refractivity contribution in [3.8, 4) is 11.1 Å². The largest absolute Gasteiger partial charge is 0.454 e. The molecule has 10 heteroatoms. The molecule has 0 unspecified atom stereocenters. The predicted molar refractivity (Wildman–Crippen MR) is 212 cm³/mol. The molecule has 55 heavy (non-hydrogen) atoms.